The summed E-state index contributed by atoms with van der Waals surface area (Å²) >= 11 is 0. The fourth-order valence-corrected chi connectivity index (χ4v) is 3.00. The summed E-state index contributed by atoms with van der Waals surface area (Å²) in [5.41, 5.74) is -0.424. The first-order valence-electron chi connectivity index (χ1n) is 9.78. The van der Waals surface area contributed by atoms with Crippen LogP contribution < -0.4 is 16.0 Å². The molecule has 7 heteroatoms. The van der Waals surface area contributed by atoms with E-state index in [1.165, 1.54) is 19.3 Å². The van der Waals surface area contributed by atoms with Gasteiger partial charge in [-0.25, -0.2) is 0 Å². The Hall–Kier alpha value is -0.570. The van der Waals surface area contributed by atoms with Crippen molar-refractivity contribution in [1.82, 2.24) is 20.9 Å². The van der Waals surface area contributed by atoms with E-state index in [-0.39, 0.29) is 35.4 Å². The molecular formula is C19H40IN5O. The maximum atomic E-state index is 12.1. The van der Waals surface area contributed by atoms with Crippen molar-refractivity contribution in [1.29, 1.82) is 0 Å². The highest BCUT2D eigenvalue weighted by atomic mass is 127. The number of hydrogen-bond donors (Lipinski definition) is 3. The molecular weight excluding hydrogens is 441 g/mol. The fourth-order valence-electron chi connectivity index (χ4n) is 3.00. The Kier molecular flexibility index (Phi) is 11.7. The monoisotopic (exact) mass is 481 g/mol. The van der Waals surface area contributed by atoms with E-state index in [1.807, 2.05) is 20.8 Å². The molecule has 0 aromatic carbocycles. The molecule has 1 fully saturated rings. The van der Waals surface area contributed by atoms with Crippen molar-refractivity contribution in [3.8, 4) is 0 Å². The molecule has 0 atom stereocenters. The lowest BCUT2D eigenvalue weighted by Gasteiger charge is -2.40. The number of amides is 1. The Morgan fingerprint density at radius 3 is 2.08 bits per heavy atom. The number of carbonyl (C=O) groups is 1. The number of halogens is 1. The molecule has 1 saturated heterocycles. The largest absolute Gasteiger partial charge is 0.357 e. The Morgan fingerprint density at radius 2 is 1.54 bits per heavy atom. The van der Waals surface area contributed by atoms with Gasteiger partial charge in [0, 0.05) is 25.2 Å². The van der Waals surface area contributed by atoms with Gasteiger partial charge in [0.05, 0.1) is 12.0 Å². The molecule has 6 nitrogen and oxygen atoms in total. The van der Waals surface area contributed by atoms with Crippen molar-refractivity contribution in [3.63, 3.8) is 0 Å². The SMILES string of the molecule is CCNC(=O)C(C)(C)CNC(=NCC(C)(C)N1CCCCC1)NCC.I. The molecule has 0 saturated carbocycles. The number of guanidine groups is 1. The summed E-state index contributed by atoms with van der Waals surface area (Å²) in [4.78, 5) is 19.5. The average Bonchev–Trinajstić information content (AvgIpc) is 2.58. The van der Waals surface area contributed by atoms with Gasteiger partial charge in [0.25, 0.3) is 0 Å². The van der Waals surface area contributed by atoms with Gasteiger partial charge < -0.3 is 16.0 Å². The van der Waals surface area contributed by atoms with Crippen LogP contribution >= 0.6 is 24.0 Å². The first-order valence-corrected chi connectivity index (χ1v) is 9.78. The van der Waals surface area contributed by atoms with E-state index >= 15 is 0 Å². The van der Waals surface area contributed by atoms with Gasteiger partial charge in [-0.1, -0.05) is 6.42 Å². The molecule has 1 heterocycles. The lowest BCUT2D eigenvalue weighted by Crippen LogP contribution is -2.51. The van der Waals surface area contributed by atoms with Crippen molar-refractivity contribution in [3.05, 3.63) is 0 Å². The summed E-state index contributed by atoms with van der Waals surface area (Å²) in [5, 5.41) is 9.52. The van der Waals surface area contributed by atoms with Crippen molar-refractivity contribution in [2.75, 3.05) is 39.3 Å². The second-order valence-electron chi connectivity index (χ2n) is 8.15. The molecule has 0 aromatic heterocycles. The van der Waals surface area contributed by atoms with Crippen LogP contribution in [0.4, 0.5) is 0 Å². The van der Waals surface area contributed by atoms with Gasteiger partial charge >= 0.3 is 0 Å². The predicted octanol–water partition coefficient (Wildman–Crippen LogP) is 2.59. The summed E-state index contributed by atoms with van der Waals surface area (Å²) < 4.78 is 0. The molecule has 1 aliphatic heterocycles. The number of piperidine rings is 1. The van der Waals surface area contributed by atoms with Crippen LogP contribution in [0.15, 0.2) is 4.99 Å². The van der Waals surface area contributed by atoms with Crippen LogP contribution in [0.5, 0.6) is 0 Å². The first kappa shape index (κ1) is 25.4. The van der Waals surface area contributed by atoms with Gasteiger partial charge in [-0.15, -0.1) is 24.0 Å². The molecule has 1 aliphatic rings. The van der Waals surface area contributed by atoms with Crippen molar-refractivity contribution < 1.29 is 4.79 Å². The quantitative estimate of drug-likeness (QED) is 0.283. The summed E-state index contributed by atoms with van der Waals surface area (Å²) in [5.74, 6) is 0.844. The first-order chi connectivity index (χ1) is 11.7. The van der Waals surface area contributed by atoms with Crippen LogP contribution in [0, 0.1) is 5.41 Å². The molecule has 1 rings (SSSR count). The smallest absolute Gasteiger partial charge is 0.227 e. The summed E-state index contributed by atoms with van der Waals surface area (Å²) in [6.07, 6.45) is 3.91. The second kappa shape index (κ2) is 12.0. The number of hydrogen-bond acceptors (Lipinski definition) is 3. The minimum Gasteiger partial charge on any atom is -0.357 e. The molecule has 3 N–H and O–H groups in total. The third-order valence-electron chi connectivity index (χ3n) is 4.83. The van der Waals surface area contributed by atoms with Crippen molar-refractivity contribution in [2.45, 2.75) is 66.3 Å². The molecule has 0 radical (unpaired) electrons. The maximum absolute atomic E-state index is 12.1. The highest BCUT2D eigenvalue weighted by Gasteiger charge is 2.29. The van der Waals surface area contributed by atoms with Gasteiger partial charge in [0.15, 0.2) is 5.96 Å². The predicted molar refractivity (Wildman–Crippen MR) is 121 cm³/mol. The summed E-state index contributed by atoms with van der Waals surface area (Å²) in [7, 11) is 0. The van der Waals surface area contributed by atoms with Crippen LogP contribution in [0.25, 0.3) is 0 Å². The molecule has 0 aromatic rings. The number of likely N-dealkylation sites (tertiary alicyclic amines) is 1. The number of nitrogens with zero attached hydrogens (tertiary/aromatic N) is 2. The normalized spacial score (nSPS) is 16.6. The van der Waals surface area contributed by atoms with E-state index in [0.29, 0.717) is 13.1 Å². The zero-order valence-corrected chi connectivity index (χ0v) is 19.9. The molecule has 0 bridgehead atoms. The molecule has 0 aliphatic carbocycles. The van der Waals surface area contributed by atoms with E-state index in [1.54, 1.807) is 0 Å². The van der Waals surface area contributed by atoms with E-state index in [2.05, 4.69) is 41.6 Å². The Morgan fingerprint density at radius 1 is 0.962 bits per heavy atom. The molecule has 26 heavy (non-hydrogen) atoms. The Balaban J connectivity index is 0.00000625. The van der Waals surface area contributed by atoms with Crippen LogP contribution in [-0.4, -0.2) is 61.6 Å². The summed E-state index contributed by atoms with van der Waals surface area (Å²) in [6.45, 7) is 17.5. The second-order valence-corrected chi connectivity index (χ2v) is 8.15. The van der Waals surface area contributed by atoms with E-state index in [9.17, 15) is 4.79 Å². The van der Waals surface area contributed by atoms with Gasteiger partial charge in [-0.05, 0) is 67.5 Å². The van der Waals surface area contributed by atoms with E-state index in [4.69, 9.17) is 4.99 Å². The highest BCUT2D eigenvalue weighted by Crippen LogP contribution is 2.20. The zero-order chi connectivity index (χ0) is 18.9. The highest BCUT2D eigenvalue weighted by molar-refractivity contribution is 14.0. The van der Waals surface area contributed by atoms with Crippen LogP contribution in [0.1, 0.15) is 60.8 Å². The topological polar surface area (TPSA) is 68.8 Å². The maximum Gasteiger partial charge on any atom is 0.227 e. The molecule has 0 unspecified atom stereocenters. The minimum atomic E-state index is -0.478. The molecule has 0 spiro atoms. The van der Waals surface area contributed by atoms with Crippen molar-refractivity contribution >= 4 is 35.8 Å². The van der Waals surface area contributed by atoms with Gasteiger partial charge in [-0.2, -0.15) is 0 Å². The van der Waals surface area contributed by atoms with Crippen molar-refractivity contribution in [2.24, 2.45) is 10.4 Å². The van der Waals surface area contributed by atoms with E-state index < -0.39 is 5.41 Å². The van der Waals surface area contributed by atoms with E-state index in [0.717, 1.165) is 32.1 Å². The van der Waals surface area contributed by atoms with Crippen LogP contribution in [0.3, 0.4) is 0 Å². The average molecular weight is 481 g/mol. The van der Waals surface area contributed by atoms with Gasteiger partial charge in [0.1, 0.15) is 0 Å². The Labute approximate surface area is 177 Å². The number of aliphatic imine (C=N–C) groups is 1. The number of rotatable bonds is 8. The molecule has 154 valence electrons. The standard InChI is InChI=1S/C19H39N5O.HI/c1-7-20-16(25)18(3,4)14-22-17(21-8-2)23-15-19(5,6)24-12-10-9-11-13-24;/h7-15H2,1-6H3,(H,20,25)(H2,21,22,23);1H. The van der Waals surface area contributed by atoms with Gasteiger partial charge in [-0.3, -0.25) is 14.7 Å². The van der Waals surface area contributed by atoms with Crippen LogP contribution in [0.2, 0.25) is 0 Å². The Bertz CT molecular complexity index is 445. The van der Waals surface area contributed by atoms with Gasteiger partial charge in [0.2, 0.25) is 5.91 Å². The number of nitrogens with one attached hydrogen (secondary N) is 3. The fraction of sp³-hybridized carbons (Fsp3) is 0.895. The lowest BCUT2D eigenvalue weighted by atomic mass is 9.92. The number of carbonyl (C=O) groups excluding carboxylic acids is 1. The zero-order valence-electron chi connectivity index (χ0n) is 17.6. The summed E-state index contributed by atoms with van der Waals surface area (Å²) in [6, 6.07) is 0. The third-order valence-corrected chi connectivity index (χ3v) is 4.83. The molecule has 1 amide bonds. The lowest BCUT2D eigenvalue weighted by molar-refractivity contribution is -0.128. The van der Waals surface area contributed by atoms with Crippen LogP contribution in [-0.2, 0) is 4.79 Å². The third kappa shape index (κ3) is 8.41. The minimum absolute atomic E-state index is 0.